The molecule has 170 valence electrons. The van der Waals surface area contributed by atoms with Crippen molar-refractivity contribution in [3.05, 3.63) is 10.4 Å². The number of Topliss-reactive ketones (excluding diaryl/α,β-unsaturated/α-hetero) is 1. The third-order valence-corrected chi connectivity index (χ3v) is 4.65. The molecule has 1 rings (SSSR count). The molecule has 0 radical (unpaired) electrons. The van der Waals surface area contributed by atoms with Crippen LogP contribution in [0, 0.1) is 0 Å². The molecule has 11 nitrogen and oxygen atoms in total. The fourth-order valence-electron chi connectivity index (χ4n) is 3.34. The normalized spacial score (nSPS) is 18.4. The van der Waals surface area contributed by atoms with Gasteiger partial charge in [-0.3, -0.25) is 29.1 Å². The minimum Gasteiger partial charge on any atom is -0.480 e. The molecule has 1 unspecified atom stereocenters. The van der Waals surface area contributed by atoms with E-state index in [4.69, 9.17) is 10.3 Å². The molecule has 1 heterocycles. The number of ether oxygens (including phenoxy) is 1. The molecule has 1 N–H and O–H groups in total. The molecule has 0 bridgehead atoms. The summed E-state index contributed by atoms with van der Waals surface area (Å²) in [6, 6.07) is -0.809. The largest absolute Gasteiger partial charge is 0.480 e. The fourth-order valence-corrected chi connectivity index (χ4v) is 3.34. The maximum absolute atomic E-state index is 12.3. The van der Waals surface area contributed by atoms with E-state index in [0.717, 1.165) is 0 Å². The van der Waals surface area contributed by atoms with Crippen molar-refractivity contribution in [1.29, 1.82) is 0 Å². The molecule has 11 heteroatoms. The first-order valence-electron chi connectivity index (χ1n) is 10.2. The van der Waals surface area contributed by atoms with Gasteiger partial charge in [0.2, 0.25) is 0 Å². The number of azide groups is 1. The van der Waals surface area contributed by atoms with Crippen LogP contribution >= 0.6 is 0 Å². The Hall–Kier alpha value is -2.20. The number of aliphatic carboxylic acids is 1. The number of esters is 1. The van der Waals surface area contributed by atoms with Crippen LogP contribution in [0.15, 0.2) is 5.11 Å². The van der Waals surface area contributed by atoms with Crippen LogP contribution in [0.25, 0.3) is 10.4 Å². The zero-order valence-corrected chi connectivity index (χ0v) is 18.4. The Morgan fingerprint density at radius 2 is 1.60 bits per heavy atom. The van der Waals surface area contributed by atoms with Crippen molar-refractivity contribution in [2.75, 3.05) is 58.9 Å². The molecule has 0 amide bonds. The van der Waals surface area contributed by atoms with Crippen LogP contribution in [0.5, 0.6) is 0 Å². The molecule has 0 saturated carbocycles. The van der Waals surface area contributed by atoms with Crippen LogP contribution in [0.2, 0.25) is 0 Å². The van der Waals surface area contributed by atoms with Gasteiger partial charge >= 0.3 is 11.9 Å². The molecule has 0 aromatic heterocycles. The molecule has 0 aromatic rings. The van der Waals surface area contributed by atoms with E-state index in [0.29, 0.717) is 39.3 Å². The highest BCUT2D eigenvalue weighted by atomic mass is 16.6. The van der Waals surface area contributed by atoms with Gasteiger partial charge in [-0.1, -0.05) is 5.11 Å². The van der Waals surface area contributed by atoms with E-state index in [1.165, 1.54) is 6.92 Å². The lowest BCUT2D eigenvalue weighted by molar-refractivity contribution is -0.156. The lowest BCUT2D eigenvalue weighted by Crippen LogP contribution is -2.47. The summed E-state index contributed by atoms with van der Waals surface area (Å²) in [4.78, 5) is 44.1. The lowest BCUT2D eigenvalue weighted by atomic mass is 10.1. The van der Waals surface area contributed by atoms with Gasteiger partial charge in [-0.25, -0.2) is 0 Å². The Balaban J connectivity index is 2.93. The van der Waals surface area contributed by atoms with Gasteiger partial charge in [0.05, 0.1) is 13.1 Å². The number of carbonyl (C=O) groups is 3. The molecule has 1 fully saturated rings. The number of rotatable bonds is 9. The average molecular weight is 427 g/mol. The first-order chi connectivity index (χ1) is 14.0. The van der Waals surface area contributed by atoms with Crippen LogP contribution in [-0.4, -0.2) is 108 Å². The predicted molar refractivity (Wildman–Crippen MR) is 111 cm³/mol. The number of nitrogens with zero attached hydrogens (tertiary/aromatic N) is 6. The van der Waals surface area contributed by atoms with Crippen LogP contribution in [-0.2, 0) is 19.1 Å². The van der Waals surface area contributed by atoms with Crippen molar-refractivity contribution in [3.8, 4) is 0 Å². The summed E-state index contributed by atoms with van der Waals surface area (Å²) >= 11 is 0. The Morgan fingerprint density at radius 3 is 2.07 bits per heavy atom. The summed E-state index contributed by atoms with van der Waals surface area (Å²) in [7, 11) is 0. The molecule has 0 aromatic carbocycles. The highest BCUT2D eigenvalue weighted by Crippen LogP contribution is 2.11. The summed E-state index contributed by atoms with van der Waals surface area (Å²) in [6.45, 7) is 10.5. The quantitative estimate of drug-likeness (QED) is 0.249. The molecule has 1 aliphatic rings. The molecular formula is C19H34N6O5. The van der Waals surface area contributed by atoms with Gasteiger partial charge < -0.3 is 9.84 Å². The molecule has 1 saturated heterocycles. The van der Waals surface area contributed by atoms with Gasteiger partial charge in [0, 0.05) is 50.7 Å². The molecule has 1 atom stereocenters. The third kappa shape index (κ3) is 10.5. The minimum absolute atomic E-state index is 0.0256. The summed E-state index contributed by atoms with van der Waals surface area (Å²) in [6.07, 6.45) is 0.193. The summed E-state index contributed by atoms with van der Waals surface area (Å²) in [5.74, 6) is -1.30. The molecule has 0 aliphatic carbocycles. The number of carboxylic acid groups (broad SMARTS) is 1. The van der Waals surface area contributed by atoms with E-state index in [1.54, 1.807) is 20.8 Å². The molecule has 1 aliphatic heterocycles. The highest BCUT2D eigenvalue weighted by Gasteiger charge is 2.28. The van der Waals surface area contributed by atoms with Gasteiger partial charge in [0.15, 0.2) is 0 Å². The van der Waals surface area contributed by atoms with Gasteiger partial charge in [0.1, 0.15) is 17.4 Å². The van der Waals surface area contributed by atoms with E-state index < -0.39 is 17.6 Å². The topological polar surface area (TPSA) is 139 Å². The van der Waals surface area contributed by atoms with E-state index in [2.05, 4.69) is 10.0 Å². The molecule has 0 spiro atoms. The van der Waals surface area contributed by atoms with Gasteiger partial charge in [0.25, 0.3) is 0 Å². The zero-order valence-electron chi connectivity index (χ0n) is 18.4. The first kappa shape index (κ1) is 25.8. The van der Waals surface area contributed by atoms with Crippen molar-refractivity contribution < 1.29 is 24.2 Å². The monoisotopic (exact) mass is 426 g/mol. The fraction of sp³-hybridized carbons (Fsp3) is 0.842. The smallest absolute Gasteiger partial charge is 0.320 e. The van der Waals surface area contributed by atoms with Crippen LogP contribution in [0.1, 0.15) is 34.1 Å². The van der Waals surface area contributed by atoms with Crippen molar-refractivity contribution in [2.24, 2.45) is 5.11 Å². The number of ketones is 1. The molecule has 30 heavy (non-hydrogen) atoms. The first-order valence-corrected chi connectivity index (χ1v) is 10.2. The lowest BCUT2D eigenvalue weighted by Gasteiger charge is -2.30. The maximum Gasteiger partial charge on any atom is 0.320 e. The van der Waals surface area contributed by atoms with Crippen molar-refractivity contribution in [3.63, 3.8) is 0 Å². The molecular weight excluding hydrogens is 392 g/mol. The number of carbonyl (C=O) groups excluding carboxylic acids is 2. The SMILES string of the molecule is CC(=O)CN1CCN(CC(=O)OC(C)(C)C)CCN(C(CCN=[N+]=[N-])C(=O)O)CC1. The van der Waals surface area contributed by atoms with Crippen molar-refractivity contribution in [2.45, 2.75) is 45.8 Å². The van der Waals surface area contributed by atoms with Gasteiger partial charge in [-0.05, 0) is 39.6 Å². The van der Waals surface area contributed by atoms with Crippen molar-refractivity contribution in [1.82, 2.24) is 14.7 Å². The van der Waals surface area contributed by atoms with E-state index in [1.807, 2.05) is 14.7 Å². The number of carboxylic acids is 1. The second-order valence-electron chi connectivity index (χ2n) is 8.47. The van der Waals surface area contributed by atoms with Gasteiger partial charge in [-0.2, -0.15) is 0 Å². The Bertz CT molecular complexity index is 644. The predicted octanol–water partition coefficient (Wildman–Crippen LogP) is 0.990. The number of hydrogen-bond acceptors (Lipinski definition) is 8. The van der Waals surface area contributed by atoms with E-state index in [9.17, 15) is 19.5 Å². The zero-order chi connectivity index (χ0) is 22.7. The van der Waals surface area contributed by atoms with Gasteiger partial charge in [-0.15, -0.1) is 0 Å². The average Bonchev–Trinajstić information content (AvgIpc) is 2.69. The second kappa shape index (κ2) is 12.5. The Labute approximate surface area is 177 Å². The minimum atomic E-state index is -0.987. The summed E-state index contributed by atoms with van der Waals surface area (Å²) < 4.78 is 5.41. The summed E-state index contributed by atoms with van der Waals surface area (Å²) in [5.41, 5.74) is 7.89. The van der Waals surface area contributed by atoms with Crippen molar-refractivity contribution >= 4 is 17.7 Å². The van der Waals surface area contributed by atoms with E-state index in [-0.39, 0.29) is 37.8 Å². The van der Waals surface area contributed by atoms with Crippen LogP contribution < -0.4 is 0 Å². The number of hydrogen-bond donors (Lipinski definition) is 1. The highest BCUT2D eigenvalue weighted by molar-refractivity contribution is 5.77. The maximum atomic E-state index is 12.3. The van der Waals surface area contributed by atoms with Crippen LogP contribution in [0.3, 0.4) is 0 Å². The summed E-state index contributed by atoms with van der Waals surface area (Å²) in [5, 5.41) is 13.1. The Morgan fingerprint density at radius 1 is 1.07 bits per heavy atom. The van der Waals surface area contributed by atoms with Crippen LogP contribution in [0.4, 0.5) is 0 Å². The Kier molecular flexibility index (Phi) is 10.8. The second-order valence-corrected chi connectivity index (χ2v) is 8.47. The third-order valence-electron chi connectivity index (χ3n) is 4.65. The van der Waals surface area contributed by atoms with E-state index >= 15 is 0 Å². The standard InChI is InChI=1S/C19H34N6O5/c1-15(26)13-23-7-8-24(14-17(27)30-19(2,3)4)10-12-25(11-9-23)16(18(28)29)5-6-21-22-20/h16H,5-14H2,1-4H3,(H,28,29).